The van der Waals surface area contributed by atoms with Crippen LogP contribution in [0.1, 0.15) is 0 Å². The van der Waals surface area contributed by atoms with Crippen LogP contribution in [0.2, 0.25) is 0 Å². The van der Waals surface area contributed by atoms with Gasteiger partial charge in [0.15, 0.2) is 0 Å². The Morgan fingerprint density at radius 3 is 1.04 bits per heavy atom. The van der Waals surface area contributed by atoms with Crippen molar-refractivity contribution >= 4 is 65.4 Å². The van der Waals surface area contributed by atoms with Gasteiger partial charge in [-0.15, -0.1) is 0 Å². The smallest absolute Gasteiger partial charge is 0.336 e. The molecule has 0 aliphatic carbocycles. The average Bonchev–Trinajstić information content (AvgIpc) is 2.77. The number of aliphatic carboxylic acids is 2. The third-order valence-corrected chi connectivity index (χ3v) is 2.84. The van der Waals surface area contributed by atoms with Gasteiger partial charge in [0.1, 0.15) is 0 Å². The number of amides is 6. The topological polar surface area (TPSA) is 299 Å². The third kappa shape index (κ3) is 7.83. The van der Waals surface area contributed by atoms with Crippen molar-refractivity contribution in [3.05, 3.63) is 0 Å². The number of nitrogens with one attached hydrogen (secondary N) is 2. The molecule has 0 spiro atoms. The maximum Gasteiger partial charge on any atom is 0.336 e. The Labute approximate surface area is 173 Å². The van der Waals surface area contributed by atoms with E-state index in [-0.39, 0.29) is 51.5 Å². The molecule has 16 nitrogen and oxygen atoms in total. The molecule has 27 heavy (non-hydrogen) atoms. The van der Waals surface area contributed by atoms with Crippen LogP contribution in [0.15, 0.2) is 0 Å². The molecule has 12 N–H and O–H groups in total. The summed E-state index contributed by atoms with van der Waals surface area (Å²) in [5, 5.41) is 20.6. The molecule has 2 unspecified atom stereocenters. The fourth-order valence-corrected chi connectivity index (χ4v) is 1.67. The molecule has 2 aliphatic rings. The minimum Gasteiger partial charge on any atom is -0.479 e. The summed E-state index contributed by atoms with van der Waals surface area (Å²) >= 11 is 0. The van der Waals surface area contributed by atoms with Crippen LogP contribution >= 0.6 is 0 Å². The minimum absolute atomic E-state index is 0. The second-order valence-electron chi connectivity index (χ2n) is 4.29. The van der Waals surface area contributed by atoms with E-state index in [2.05, 4.69) is 0 Å². The molecular formula is C10H20N4NaO12. The molecule has 2 atom stereocenters. The summed E-state index contributed by atoms with van der Waals surface area (Å²) in [5.41, 5.74) is 0. The van der Waals surface area contributed by atoms with Gasteiger partial charge in [0.25, 0.3) is 11.8 Å². The van der Waals surface area contributed by atoms with Crippen molar-refractivity contribution in [1.82, 2.24) is 20.4 Å². The number of urea groups is 2. The van der Waals surface area contributed by atoms with Crippen LogP contribution in [0.25, 0.3) is 0 Å². The second kappa shape index (κ2) is 13.8. The molecule has 2 saturated heterocycles. The van der Waals surface area contributed by atoms with Crippen molar-refractivity contribution in [2.75, 3.05) is 14.1 Å². The number of rotatable bonds is 2. The number of carboxylic acids is 2. The Balaban J connectivity index is -0.000000101. The zero-order valence-corrected chi connectivity index (χ0v) is 16.4. The number of carboxylic acid groups (broad SMARTS) is 2. The molecular weight excluding hydrogens is 391 g/mol. The van der Waals surface area contributed by atoms with Gasteiger partial charge in [0.05, 0.1) is 0 Å². The van der Waals surface area contributed by atoms with Crippen molar-refractivity contribution in [1.29, 1.82) is 0 Å². The molecule has 0 aromatic rings. The standard InChI is InChI=1S/2C5H6N2O4.Na.4H2O/c2*1-7-2(4(9)10)3(8)6-5(7)11;;;;;/h2*2H,1H3,(H,9,10)(H,6,8,11);;4*1H2. The molecule has 2 rings (SSSR count). The monoisotopic (exact) mass is 411 g/mol. The maximum atomic E-state index is 10.7. The molecule has 0 bridgehead atoms. The summed E-state index contributed by atoms with van der Waals surface area (Å²) in [6, 6.07) is -4.10. The Hall–Kier alpha value is -2.34. The van der Waals surface area contributed by atoms with Crippen molar-refractivity contribution in [3.63, 3.8) is 0 Å². The van der Waals surface area contributed by atoms with E-state index in [1.807, 2.05) is 10.6 Å². The molecule has 2 heterocycles. The first kappa shape index (κ1) is 35.7. The quantitative estimate of drug-likeness (QED) is 0.192. The number of carbonyl (C=O) groups excluding carboxylic acids is 4. The second-order valence-corrected chi connectivity index (χ2v) is 4.29. The number of hydrogen-bond acceptors (Lipinski definition) is 6. The molecule has 17 heteroatoms. The van der Waals surface area contributed by atoms with Crippen LogP contribution in [0, 0.1) is 0 Å². The van der Waals surface area contributed by atoms with Crippen LogP contribution in [-0.4, -0.2) is 133 Å². The van der Waals surface area contributed by atoms with Crippen LogP contribution in [0.4, 0.5) is 9.59 Å². The van der Waals surface area contributed by atoms with Gasteiger partial charge in [-0.3, -0.25) is 20.2 Å². The van der Waals surface area contributed by atoms with Gasteiger partial charge in [-0.05, 0) is 0 Å². The summed E-state index contributed by atoms with van der Waals surface area (Å²) in [6.07, 6.45) is 0. The normalized spacial score (nSPS) is 19.3. The van der Waals surface area contributed by atoms with Crippen LogP contribution in [-0.2, 0) is 19.2 Å². The van der Waals surface area contributed by atoms with Crippen LogP contribution < -0.4 is 10.6 Å². The van der Waals surface area contributed by atoms with Crippen LogP contribution in [0.5, 0.6) is 0 Å². The van der Waals surface area contributed by atoms with Gasteiger partial charge in [-0.2, -0.15) is 0 Å². The van der Waals surface area contributed by atoms with Gasteiger partial charge in [-0.25, -0.2) is 19.2 Å². The first-order valence-electron chi connectivity index (χ1n) is 5.68. The van der Waals surface area contributed by atoms with E-state index in [1.54, 1.807) is 0 Å². The van der Waals surface area contributed by atoms with E-state index in [9.17, 15) is 28.8 Å². The van der Waals surface area contributed by atoms with Crippen molar-refractivity contribution < 1.29 is 60.9 Å². The summed E-state index contributed by atoms with van der Waals surface area (Å²) in [6.45, 7) is 0. The molecule has 0 aromatic heterocycles. The van der Waals surface area contributed by atoms with Gasteiger partial charge < -0.3 is 41.9 Å². The number of nitrogens with zero attached hydrogens (tertiary/aromatic N) is 2. The number of carbonyl (C=O) groups is 6. The Kier molecular flexibility index (Phi) is 18.3. The SMILES string of the molecule is CN1C(=O)NC(=O)C1C(=O)O.CN1C(=O)NC(=O)C1C(=O)O.O.O.O.O.[Na]. The van der Waals surface area contributed by atoms with E-state index < -0.39 is 47.9 Å². The number of hydrogen-bond donors (Lipinski definition) is 4. The Morgan fingerprint density at radius 2 is 0.963 bits per heavy atom. The fourth-order valence-electron chi connectivity index (χ4n) is 1.67. The zero-order valence-electron chi connectivity index (χ0n) is 14.4. The van der Waals surface area contributed by atoms with Gasteiger partial charge >= 0.3 is 24.0 Å². The molecule has 1 radical (unpaired) electrons. The van der Waals surface area contributed by atoms with Gasteiger partial charge in [-0.1, -0.05) is 0 Å². The molecule has 2 fully saturated rings. The van der Waals surface area contributed by atoms with Crippen LogP contribution in [0.3, 0.4) is 0 Å². The predicted octanol–water partition coefficient (Wildman–Crippen LogP) is -6.44. The first-order chi connectivity index (χ1) is 10.1. The van der Waals surface area contributed by atoms with E-state index >= 15 is 0 Å². The minimum atomic E-state index is -1.37. The first-order valence-corrected chi connectivity index (χ1v) is 5.68. The van der Waals surface area contributed by atoms with Crippen molar-refractivity contribution in [2.24, 2.45) is 0 Å². The van der Waals surface area contributed by atoms with E-state index in [4.69, 9.17) is 10.2 Å². The van der Waals surface area contributed by atoms with Crippen molar-refractivity contribution in [2.45, 2.75) is 12.1 Å². The van der Waals surface area contributed by atoms with E-state index in [0.29, 0.717) is 0 Å². The molecule has 2 aliphatic heterocycles. The fraction of sp³-hybridized carbons (Fsp3) is 0.400. The van der Waals surface area contributed by atoms with Gasteiger partial charge in [0.2, 0.25) is 12.1 Å². The number of imide groups is 2. The largest absolute Gasteiger partial charge is 0.479 e. The zero-order chi connectivity index (χ0) is 17.2. The summed E-state index contributed by atoms with van der Waals surface area (Å²) < 4.78 is 0. The van der Waals surface area contributed by atoms with Crippen molar-refractivity contribution in [3.8, 4) is 0 Å². The molecule has 0 saturated carbocycles. The van der Waals surface area contributed by atoms with Gasteiger partial charge in [0, 0.05) is 43.7 Å². The summed E-state index contributed by atoms with van der Waals surface area (Å²) in [5.74, 6) is -4.22. The predicted molar refractivity (Wildman–Crippen MR) is 85.7 cm³/mol. The molecule has 0 aromatic carbocycles. The summed E-state index contributed by atoms with van der Waals surface area (Å²) in [4.78, 5) is 64.9. The molecule has 153 valence electrons. The average molecular weight is 411 g/mol. The Bertz CT molecular complexity index is 535. The third-order valence-electron chi connectivity index (χ3n) is 2.84. The van der Waals surface area contributed by atoms with E-state index in [0.717, 1.165) is 9.80 Å². The molecule has 6 amide bonds. The number of likely N-dealkylation sites (N-methyl/N-ethyl adjacent to an activating group) is 2. The Morgan fingerprint density at radius 1 is 0.741 bits per heavy atom. The van der Waals surface area contributed by atoms with E-state index in [1.165, 1.54) is 14.1 Å². The maximum absolute atomic E-state index is 10.7. The summed E-state index contributed by atoms with van der Waals surface area (Å²) in [7, 11) is 2.50.